The molecule has 0 aromatic heterocycles. The van der Waals surface area contributed by atoms with Crippen LogP contribution in [0, 0.1) is 5.92 Å². The Hall–Kier alpha value is -0.120. The van der Waals surface area contributed by atoms with E-state index >= 15 is 0 Å². The fourth-order valence-electron chi connectivity index (χ4n) is 2.72. The van der Waals surface area contributed by atoms with Gasteiger partial charge >= 0.3 is 0 Å². The quantitative estimate of drug-likeness (QED) is 0.770. The molecule has 3 heteroatoms. The van der Waals surface area contributed by atoms with E-state index in [0.29, 0.717) is 6.04 Å². The maximum Gasteiger partial charge on any atom is 0.0131 e. The van der Waals surface area contributed by atoms with Crippen molar-refractivity contribution in [3.63, 3.8) is 0 Å². The molecule has 2 atom stereocenters. The number of hydrogen-bond donors (Lipinski definition) is 1. The van der Waals surface area contributed by atoms with Crippen LogP contribution in [0.1, 0.15) is 33.1 Å². The van der Waals surface area contributed by atoms with E-state index in [0.717, 1.165) is 12.3 Å². The molecule has 0 saturated carbocycles. The third kappa shape index (κ3) is 4.40. The topological polar surface area (TPSA) is 32.5 Å². The first-order valence-electron chi connectivity index (χ1n) is 6.43. The van der Waals surface area contributed by atoms with Crippen molar-refractivity contribution >= 4 is 0 Å². The Labute approximate surface area is 101 Å². The van der Waals surface area contributed by atoms with Crippen molar-refractivity contribution in [3.8, 4) is 0 Å². The van der Waals surface area contributed by atoms with Gasteiger partial charge in [0, 0.05) is 18.1 Å². The molecule has 1 saturated heterocycles. The second-order valence-electron chi connectivity index (χ2n) is 6.37. The molecule has 0 aromatic rings. The Morgan fingerprint density at radius 2 is 2.06 bits per heavy atom. The molecule has 0 radical (unpaired) electrons. The summed E-state index contributed by atoms with van der Waals surface area (Å²) in [6.45, 7) is 6.75. The zero-order valence-electron chi connectivity index (χ0n) is 11.7. The molecular weight excluding hydrogens is 198 g/mol. The fourth-order valence-corrected chi connectivity index (χ4v) is 2.72. The highest BCUT2D eigenvalue weighted by molar-refractivity contribution is 4.86. The average Bonchev–Trinajstić information content (AvgIpc) is 2.49. The molecule has 1 aliphatic heterocycles. The van der Waals surface area contributed by atoms with Crippen LogP contribution in [-0.4, -0.2) is 55.6 Å². The Morgan fingerprint density at radius 3 is 2.44 bits per heavy atom. The minimum absolute atomic E-state index is 0.0290. The summed E-state index contributed by atoms with van der Waals surface area (Å²) < 4.78 is 0. The highest BCUT2D eigenvalue weighted by Crippen LogP contribution is 2.25. The Balaban J connectivity index is 2.48. The van der Waals surface area contributed by atoms with Crippen LogP contribution < -0.4 is 5.73 Å². The van der Waals surface area contributed by atoms with E-state index in [1.54, 1.807) is 0 Å². The van der Waals surface area contributed by atoms with Gasteiger partial charge in [0.05, 0.1) is 0 Å². The standard InChI is InChI=1S/C13H29N3/c1-13(2,14)8-6-12(15(3)4)11-7-9-16(5)10-11/h11-12H,6-10,14H2,1-5H3. The molecule has 1 fully saturated rings. The lowest BCUT2D eigenvalue weighted by atomic mass is 9.89. The second-order valence-corrected chi connectivity index (χ2v) is 6.37. The number of rotatable bonds is 5. The molecule has 2 unspecified atom stereocenters. The molecule has 0 spiro atoms. The number of nitrogens with two attached hydrogens (primary N) is 1. The van der Waals surface area contributed by atoms with Crippen molar-refractivity contribution in [1.82, 2.24) is 9.80 Å². The van der Waals surface area contributed by atoms with Gasteiger partial charge in [-0.15, -0.1) is 0 Å². The monoisotopic (exact) mass is 227 g/mol. The summed E-state index contributed by atoms with van der Waals surface area (Å²) in [5, 5.41) is 0. The zero-order valence-corrected chi connectivity index (χ0v) is 11.7. The SMILES string of the molecule is CN1CCC(C(CCC(C)(C)N)N(C)C)C1. The molecule has 3 nitrogen and oxygen atoms in total. The number of hydrogen-bond acceptors (Lipinski definition) is 3. The van der Waals surface area contributed by atoms with Gasteiger partial charge in [-0.1, -0.05) is 0 Å². The summed E-state index contributed by atoms with van der Waals surface area (Å²) in [6.07, 6.45) is 3.66. The largest absolute Gasteiger partial charge is 0.326 e. The van der Waals surface area contributed by atoms with Gasteiger partial charge in [-0.3, -0.25) is 0 Å². The van der Waals surface area contributed by atoms with Gasteiger partial charge in [0.15, 0.2) is 0 Å². The van der Waals surface area contributed by atoms with Gasteiger partial charge in [0.2, 0.25) is 0 Å². The number of nitrogens with zero attached hydrogens (tertiary/aromatic N) is 2. The van der Waals surface area contributed by atoms with E-state index in [-0.39, 0.29) is 5.54 Å². The van der Waals surface area contributed by atoms with Gasteiger partial charge in [-0.05, 0) is 66.7 Å². The molecule has 0 amide bonds. The lowest BCUT2D eigenvalue weighted by Crippen LogP contribution is -2.40. The second kappa shape index (κ2) is 5.48. The molecule has 96 valence electrons. The predicted molar refractivity (Wildman–Crippen MR) is 70.6 cm³/mol. The summed E-state index contributed by atoms with van der Waals surface area (Å²) in [7, 11) is 6.62. The van der Waals surface area contributed by atoms with Crippen molar-refractivity contribution in [2.24, 2.45) is 11.7 Å². The van der Waals surface area contributed by atoms with Crippen molar-refractivity contribution < 1.29 is 0 Å². The fraction of sp³-hybridized carbons (Fsp3) is 1.00. The minimum Gasteiger partial charge on any atom is -0.326 e. The van der Waals surface area contributed by atoms with E-state index in [1.165, 1.54) is 25.9 Å². The van der Waals surface area contributed by atoms with Crippen LogP contribution in [0.3, 0.4) is 0 Å². The number of likely N-dealkylation sites (tertiary alicyclic amines) is 1. The van der Waals surface area contributed by atoms with E-state index < -0.39 is 0 Å². The average molecular weight is 227 g/mol. The van der Waals surface area contributed by atoms with Gasteiger partial charge in [-0.25, -0.2) is 0 Å². The first kappa shape index (κ1) is 13.9. The van der Waals surface area contributed by atoms with Crippen LogP contribution in [0.2, 0.25) is 0 Å². The van der Waals surface area contributed by atoms with E-state index in [1.807, 2.05) is 0 Å². The Kier molecular flexibility index (Phi) is 4.77. The smallest absolute Gasteiger partial charge is 0.0131 e. The van der Waals surface area contributed by atoms with Crippen LogP contribution in [0.25, 0.3) is 0 Å². The third-order valence-corrected chi connectivity index (χ3v) is 3.72. The van der Waals surface area contributed by atoms with Crippen LogP contribution in [0.4, 0.5) is 0 Å². The molecule has 2 N–H and O–H groups in total. The maximum atomic E-state index is 6.08. The molecular formula is C13H29N3. The van der Waals surface area contributed by atoms with Gasteiger partial charge in [0.25, 0.3) is 0 Å². The molecule has 16 heavy (non-hydrogen) atoms. The minimum atomic E-state index is -0.0290. The lowest BCUT2D eigenvalue weighted by molar-refractivity contribution is 0.186. The Bertz CT molecular complexity index is 208. The van der Waals surface area contributed by atoms with E-state index in [9.17, 15) is 0 Å². The van der Waals surface area contributed by atoms with Crippen molar-refractivity contribution in [1.29, 1.82) is 0 Å². The summed E-state index contributed by atoms with van der Waals surface area (Å²) in [5.41, 5.74) is 6.05. The van der Waals surface area contributed by atoms with Crippen LogP contribution in [0.15, 0.2) is 0 Å². The van der Waals surface area contributed by atoms with Crippen LogP contribution in [0.5, 0.6) is 0 Å². The highest BCUT2D eigenvalue weighted by Gasteiger charge is 2.29. The van der Waals surface area contributed by atoms with Gasteiger partial charge < -0.3 is 15.5 Å². The third-order valence-electron chi connectivity index (χ3n) is 3.72. The lowest BCUT2D eigenvalue weighted by Gasteiger charge is -2.32. The molecule has 0 bridgehead atoms. The van der Waals surface area contributed by atoms with E-state index in [4.69, 9.17) is 5.73 Å². The van der Waals surface area contributed by atoms with Gasteiger partial charge in [0.1, 0.15) is 0 Å². The van der Waals surface area contributed by atoms with Crippen LogP contribution in [-0.2, 0) is 0 Å². The maximum absolute atomic E-state index is 6.08. The first-order valence-corrected chi connectivity index (χ1v) is 6.43. The molecule has 1 rings (SSSR count). The predicted octanol–water partition coefficient (Wildman–Crippen LogP) is 1.39. The van der Waals surface area contributed by atoms with Gasteiger partial charge in [-0.2, -0.15) is 0 Å². The van der Waals surface area contributed by atoms with Crippen molar-refractivity contribution in [2.75, 3.05) is 34.2 Å². The van der Waals surface area contributed by atoms with Crippen molar-refractivity contribution in [2.45, 2.75) is 44.7 Å². The highest BCUT2D eigenvalue weighted by atomic mass is 15.2. The van der Waals surface area contributed by atoms with E-state index in [2.05, 4.69) is 44.8 Å². The van der Waals surface area contributed by atoms with Crippen LogP contribution >= 0.6 is 0 Å². The Morgan fingerprint density at radius 1 is 1.44 bits per heavy atom. The summed E-state index contributed by atoms with van der Waals surface area (Å²) >= 11 is 0. The normalized spacial score (nSPS) is 25.3. The molecule has 0 aromatic carbocycles. The summed E-state index contributed by atoms with van der Waals surface area (Å²) in [4.78, 5) is 4.82. The molecule has 1 aliphatic rings. The molecule has 1 heterocycles. The first-order chi connectivity index (χ1) is 7.29. The summed E-state index contributed by atoms with van der Waals surface area (Å²) in [6, 6.07) is 0.688. The summed E-state index contributed by atoms with van der Waals surface area (Å²) in [5.74, 6) is 0.822. The molecule has 0 aliphatic carbocycles. The van der Waals surface area contributed by atoms with Crippen molar-refractivity contribution in [3.05, 3.63) is 0 Å². The zero-order chi connectivity index (χ0) is 12.3.